The summed E-state index contributed by atoms with van der Waals surface area (Å²) in [4.78, 5) is 15.8. The third-order valence-electron chi connectivity index (χ3n) is 2.68. The Morgan fingerprint density at radius 3 is 3.19 bits per heavy atom. The fraction of sp³-hybridized carbons (Fsp3) is 0.455. The number of nitrogens with two attached hydrogens (primary N) is 1. The van der Waals surface area contributed by atoms with Gasteiger partial charge in [-0.2, -0.15) is 0 Å². The van der Waals surface area contributed by atoms with Crippen LogP contribution in [-0.2, 0) is 16.1 Å². The molecule has 0 bridgehead atoms. The van der Waals surface area contributed by atoms with Gasteiger partial charge in [-0.15, -0.1) is 0 Å². The van der Waals surface area contributed by atoms with Gasteiger partial charge in [-0.25, -0.2) is 0 Å². The van der Waals surface area contributed by atoms with Crippen molar-refractivity contribution >= 4 is 5.91 Å². The van der Waals surface area contributed by atoms with E-state index < -0.39 is 5.54 Å². The fourth-order valence-corrected chi connectivity index (χ4v) is 1.62. The Hall–Kier alpha value is -1.46. The SMILES string of the molecule is NC1(C(=O)NCc2cccnc2)CCOC1. The molecular formula is C11H15N3O2. The molecule has 16 heavy (non-hydrogen) atoms. The number of nitrogens with zero attached hydrogens (tertiary/aromatic N) is 1. The number of hydrogen-bond acceptors (Lipinski definition) is 4. The number of nitrogens with one attached hydrogen (secondary N) is 1. The number of rotatable bonds is 3. The van der Waals surface area contributed by atoms with Gasteiger partial charge in [0.2, 0.25) is 5.91 Å². The molecule has 0 radical (unpaired) electrons. The predicted octanol–water partition coefficient (Wildman–Crippen LogP) is -0.184. The third-order valence-corrected chi connectivity index (χ3v) is 2.68. The van der Waals surface area contributed by atoms with Crippen molar-refractivity contribution in [2.45, 2.75) is 18.5 Å². The standard InChI is InChI=1S/C11H15N3O2/c12-11(3-5-16-8-11)10(15)14-7-9-2-1-4-13-6-9/h1-2,4,6H,3,5,7-8,12H2,(H,14,15). The second kappa shape index (κ2) is 4.59. The van der Waals surface area contributed by atoms with Gasteiger partial charge in [0, 0.05) is 25.5 Å². The summed E-state index contributed by atoms with van der Waals surface area (Å²) in [5.74, 6) is -0.158. The first-order valence-electron chi connectivity index (χ1n) is 5.24. The number of carbonyl (C=O) groups excluding carboxylic acids is 1. The summed E-state index contributed by atoms with van der Waals surface area (Å²) in [5.41, 5.74) is 6.01. The van der Waals surface area contributed by atoms with E-state index in [9.17, 15) is 4.79 Å². The van der Waals surface area contributed by atoms with Crippen LogP contribution in [0.15, 0.2) is 24.5 Å². The Bertz CT molecular complexity index is 361. The molecule has 0 aromatic carbocycles. The summed E-state index contributed by atoms with van der Waals surface area (Å²) in [7, 11) is 0. The lowest BCUT2D eigenvalue weighted by Crippen LogP contribution is -2.54. The van der Waals surface area contributed by atoms with Crippen LogP contribution in [0, 0.1) is 0 Å². The Morgan fingerprint density at radius 2 is 2.56 bits per heavy atom. The second-order valence-corrected chi connectivity index (χ2v) is 4.00. The summed E-state index contributed by atoms with van der Waals surface area (Å²) in [6.45, 7) is 1.30. The molecule has 86 valence electrons. The van der Waals surface area contributed by atoms with Crippen LogP contribution < -0.4 is 11.1 Å². The molecule has 5 nitrogen and oxygen atoms in total. The summed E-state index contributed by atoms with van der Waals surface area (Å²) in [5, 5.41) is 2.80. The highest BCUT2D eigenvalue weighted by atomic mass is 16.5. The van der Waals surface area contributed by atoms with Crippen LogP contribution >= 0.6 is 0 Å². The van der Waals surface area contributed by atoms with Crippen LogP contribution in [0.5, 0.6) is 0 Å². The lowest BCUT2D eigenvalue weighted by Gasteiger charge is -2.20. The maximum atomic E-state index is 11.8. The van der Waals surface area contributed by atoms with Gasteiger partial charge in [0.15, 0.2) is 0 Å². The lowest BCUT2D eigenvalue weighted by atomic mass is 9.99. The number of ether oxygens (including phenoxy) is 1. The maximum Gasteiger partial charge on any atom is 0.242 e. The molecular weight excluding hydrogens is 206 g/mol. The number of hydrogen-bond donors (Lipinski definition) is 2. The number of pyridine rings is 1. The number of aromatic nitrogens is 1. The molecule has 2 rings (SSSR count). The summed E-state index contributed by atoms with van der Waals surface area (Å²) >= 11 is 0. The molecule has 1 saturated heterocycles. The molecule has 1 unspecified atom stereocenters. The van der Waals surface area contributed by atoms with Crippen molar-refractivity contribution in [2.24, 2.45) is 5.73 Å². The van der Waals surface area contributed by atoms with Crippen molar-refractivity contribution in [2.75, 3.05) is 13.2 Å². The van der Waals surface area contributed by atoms with Gasteiger partial charge in [-0.3, -0.25) is 9.78 Å². The largest absolute Gasteiger partial charge is 0.379 e. The molecule has 1 amide bonds. The molecule has 0 spiro atoms. The molecule has 3 N–H and O–H groups in total. The normalized spacial score (nSPS) is 24.3. The molecule has 2 heterocycles. The molecule has 5 heteroatoms. The van der Waals surface area contributed by atoms with Crippen LogP contribution in [0.25, 0.3) is 0 Å². The van der Waals surface area contributed by atoms with Crippen molar-refractivity contribution < 1.29 is 9.53 Å². The van der Waals surface area contributed by atoms with Gasteiger partial charge in [0.05, 0.1) is 6.61 Å². The molecule has 1 atom stereocenters. The minimum Gasteiger partial charge on any atom is -0.379 e. The van der Waals surface area contributed by atoms with E-state index in [4.69, 9.17) is 10.5 Å². The van der Waals surface area contributed by atoms with Gasteiger partial charge in [-0.05, 0) is 18.1 Å². The van der Waals surface area contributed by atoms with Crippen LogP contribution in [-0.4, -0.2) is 29.6 Å². The van der Waals surface area contributed by atoms with Crippen LogP contribution in [0.3, 0.4) is 0 Å². The van der Waals surface area contributed by atoms with E-state index in [0.717, 1.165) is 5.56 Å². The van der Waals surface area contributed by atoms with Crippen molar-refractivity contribution in [3.63, 3.8) is 0 Å². The minimum atomic E-state index is -0.859. The van der Waals surface area contributed by atoms with E-state index >= 15 is 0 Å². The van der Waals surface area contributed by atoms with Crippen LogP contribution in [0.4, 0.5) is 0 Å². The molecule has 1 aliphatic rings. The zero-order valence-corrected chi connectivity index (χ0v) is 8.98. The highest BCUT2D eigenvalue weighted by Gasteiger charge is 2.37. The Kier molecular flexibility index (Phi) is 3.17. The maximum absolute atomic E-state index is 11.8. The van der Waals surface area contributed by atoms with E-state index in [1.165, 1.54) is 0 Å². The summed E-state index contributed by atoms with van der Waals surface area (Å²) < 4.78 is 5.14. The predicted molar refractivity (Wildman–Crippen MR) is 58.4 cm³/mol. The lowest BCUT2D eigenvalue weighted by molar-refractivity contribution is -0.126. The van der Waals surface area contributed by atoms with Crippen molar-refractivity contribution in [1.29, 1.82) is 0 Å². The van der Waals surface area contributed by atoms with Crippen LogP contribution in [0.1, 0.15) is 12.0 Å². The first-order valence-corrected chi connectivity index (χ1v) is 5.24. The summed E-state index contributed by atoms with van der Waals surface area (Å²) in [6, 6.07) is 3.74. The van der Waals surface area contributed by atoms with Gasteiger partial charge in [-0.1, -0.05) is 6.07 Å². The average molecular weight is 221 g/mol. The quantitative estimate of drug-likeness (QED) is 0.742. The smallest absolute Gasteiger partial charge is 0.242 e. The molecule has 1 fully saturated rings. The third kappa shape index (κ3) is 2.37. The molecule has 1 aromatic heterocycles. The molecule has 1 aliphatic heterocycles. The zero-order chi connectivity index (χ0) is 11.4. The van der Waals surface area contributed by atoms with E-state index in [0.29, 0.717) is 26.2 Å². The second-order valence-electron chi connectivity index (χ2n) is 4.00. The highest BCUT2D eigenvalue weighted by molar-refractivity contribution is 5.86. The average Bonchev–Trinajstić information content (AvgIpc) is 2.76. The number of amides is 1. The van der Waals surface area contributed by atoms with Gasteiger partial charge in [0.25, 0.3) is 0 Å². The summed E-state index contributed by atoms with van der Waals surface area (Å²) in [6.07, 6.45) is 3.99. The van der Waals surface area contributed by atoms with E-state index in [2.05, 4.69) is 10.3 Å². The van der Waals surface area contributed by atoms with Gasteiger partial charge in [0.1, 0.15) is 5.54 Å². The van der Waals surface area contributed by atoms with Crippen LogP contribution in [0.2, 0.25) is 0 Å². The minimum absolute atomic E-state index is 0.158. The molecule has 0 aliphatic carbocycles. The van der Waals surface area contributed by atoms with Gasteiger partial charge < -0.3 is 15.8 Å². The number of carbonyl (C=O) groups is 1. The Labute approximate surface area is 94.0 Å². The van der Waals surface area contributed by atoms with Crippen molar-refractivity contribution in [1.82, 2.24) is 10.3 Å². The monoisotopic (exact) mass is 221 g/mol. The first kappa shape index (κ1) is 11.0. The highest BCUT2D eigenvalue weighted by Crippen LogP contribution is 2.15. The topological polar surface area (TPSA) is 77.2 Å². The van der Waals surface area contributed by atoms with E-state index in [1.807, 2.05) is 12.1 Å². The Morgan fingerprint density at radius 1 is 1.69 bits per heavy atom. The first-order chi connectivity index (χ1) is 7.71. The Balaban J connectivity index is 1.89. The zero-order valence-electron chi connectivity index (χ0n) is 8.98. The van der Waals surface area contributed by atoms with E-state index in [-0.39, 0.29) is 5.91 Å². The molecule has 1 aromatic rings. The van der Waals surface area contributed by atoms with Crippen molar-refractivity contribution in [3.8, 4) is 0 Å². The van der Waals surface area contributed by atoms with Crippen molar-refractivity contribution in [3.05, 3.63) is 30.1 Å². The fourth-order valence-electron chi connectivity index (χ4n) is 1.62. The van der Waals surface area contributed by atoms with E-state index in [1.54, 1.807) is 12.4 Å². The van der Waals surface area contributed by atoms with Gasteiger partial charge >= 0.3 is 0 Å². The molecule has 0 saturated carbocycles.